The van der Waals surface area contributed by atoms with E-state index in [1.165, 1.54) is 19.3 Å². The smallest absolute Gasteiger partial charge is 0.303 e. The number of rotatable bonds is 12. The van der Waals surface area contributed by atoms with E-state index in [0.717, 1.165) is 51.4 Å². The molecular formula is C17H30O3. The van der Waals surface area contributed by atoms with Gasteiger partial charge in [-0.1, -0.05) is 51.4 Å². The lowest BCUT2D eigenvalue weighted by Crippen LogP contribution is -2.02. The van der Waals surface area contributed by atoms with Crippen molar-refractivity contribution >= 4 is 5.97 Å². The van der Waals surface area contributed by atoms with E-state index < -0.39 is 12.1 Å². The van der Waals surface area contributed by atoms with Crippen molar-refractivity contribution in [2.24, 2.45) is 0 Å². The predicted octanol–water partition coefficient (Wildman–Crippen LogP) is 4.14. The summed E-state index contributed by atoms with van der Waals surface area (Å²) in [5.41, 5.74) is 0. The lowest BCUT2D eigenvalue weighted by Gasteiger charge is -2.04. The topological polar surface area (TPSA) is 57.5 Å². The fourth-order valence-electron chi connectivity index (χ4n) is 2.06. The zero-order valence-electron chi connectivity index (χ0n) is 12.9. The van der Waals surface area contributed by atoms with Gasteiger partial charge in [-0.3, -0.25) is 4.79 Å². The summed E-state index contributed by atoms with van der Waals surface area (Å²) in [5, 5.41) is 18.1. The Balaban J connectivity index is 3.21. The third kappa shape index (κ3) is 15.0. The van der Waals surface area contributed by atoms with Crippen LogP contribution in [0.3, 0.4) is 0 Å². The highest BCUT2D eigenvalue weighted by Crippen LogP contribution is 2.11. The number of hydrogen-bond acceptors (Lipinski definition) is 2. The summed E-state index contributed by atoms with van der Waals surface area (Å²) in [6, 6.07) is 0. The normalized spacial score (nSPS) is 11.7. The summed E-state index contributed by atoms with van der Waals surface area (Å²) >= 11 is 0. The average molecular weight is 282 g/mol. The van der Waals surface area contributed by atoms with Crippen molar-refractivity contribution in [3.05, 3.63) is 0 Å². The third-order valence-corrected chi connectivity index (χ3v) is 3.26. The molecule has 0 spiro atoms. The third-order valence-electron chi connectivity index (χ3n) is 3.26. The minimum absolute atomic E-state index is 0.303. The Kier molecular flexibility index (Phi) is 13.7. The molecule has 0 heterocycles. The molecule has 0 unspecified atom stereocenters. The van der Waals surface area contributed by atoms with Crippen LogP contribution in [0.1, 0.15) is 84.0 Å². The summed E-state index contributed by atoms with van der Waals surface area (Å²) < 4.78 is 0. The van der Waals surface area contributed by atoms with Crippen molar-refractivity contribution in [1.29, 1.82) is 0 Å². The predicted molar refractivity (Wildman–Crippen MR) is 82.5 cm³/mol. The Morgan fingerprint density at radius 2 is 1.55 bits per heavy atom. The molecule has 0 saturated heterocycles. The first kappa shape index (κ1) is 19.0. The summed E-state index contributed by atoms with van der Waals surface area (Å²) in [5.74, 6) is 5.17. The van der Waals surface area contributed by atoms with Crippen molar-refractivity contribution in [3.63, 3.8) is 0 Å². The lowest BCUT2D eigenvalue weighted by atomic mass is 10.1. The molecule has 0 fully saturated rings. The highest BCUT2D eigenvalue weighted by atomic mass is 16.4. The maximum absolute atomic E-state index is 10.3. The van der Waals surface area contributed by atoms with Gasteiger partial charge in [0.1, 0.15) is 6.10 Å². The van der Waals surface area contributed by atoms with Crippen LogP contribution in [0.2, 0.25) is 0 Å². The van der Waals surface area contributed by atoms with Crippen molar-refractivity contribution in [2.75, 3.05) is 0 Å². The molecule has 0 aliphatic rings. The summed E-state index contributed by atoms with van der Waals surface area (Å²) in [7, 11) is 0. The minimum Gasteiger partial charge on any atom is -0.481 e. The molecule has 0 aliphatic heterocycles. The van der Waals surface area contributed by atoms with Crippen LogP contribution in [0.5, 0.6) is 0 Å². The molecule has 0 amide bonds. The second kappa shape index (κ2) is 14.4. The second-order valence-corrected chi connectivity index (χ2v) is 5.35. The van der Waals surface area contributed by atoms with E-state index >= 15 is 0 Å². The fourth-order valence-corrected chi connectivity index (χ4v) is 2.06. The molecule has 0 rings (SSSR count). The van der Waals surface area contributed by atoms with Gasteiger partial charge in [-0.05, 0) is 25.7 Å². The Morgan fingerprint density at radius 3 is 2.10 bits per heavy atom. The maximum atomic E-state index is 10.3. The summed E-state index contributed by atoms with van der Waals surface area (Å²) in [6.45, 7) is 2.09. The molecule has 3 nitrogen and oxygen atoms in total. The van der Waals surface area contributed by atoms with E-state index in [2.05, 4.69) is 18.8 Å². The van der Waals surface area contributed by atoms with Gasteiger partial charge >= 0.3 is 5.97 Å². The highest BCUT2D eigenvalue weighted by molar-refractivity contribution is 5.66. The lowest BCUT2D eigenvalue weighted by molar-refractivity contribution is -0.137. The van der Waals surface area contributed by atoms with Crippen molar-refractivity contribution < 1.29 is 15.0 Å². The number of hydrogen-bond donors (Lipinski definition) is 2. The molecule has 0 radical (unpaired) electrons. The van der Waals surface area contributed by atoms with Gasteiger partial charge in [0.25, 0.3) is 0 Å². The van der Waals surface area contributed by atoms with Gasteiger partial charge < -0.3 is 10.2 Å². The van der Waals surface area contributed by atoms with Crippen LogP contribution in [0.15, 0.2) is 0 Å². The number of carbonyl (C=O) groups is 1. The quantitative estimate of drug-likeness (QED) is 0.418. The molecule has 0 bridgehead atoms. The van der Waals surface area contributed by atoms with Crippen LogP contribution in [0, 0.1) is 11.8 Å². The van der Waals surface area contributed by atoms with Crippen molar-refractivity contribution in [1.82, 2.24) is 0 Å². The molecule has 20 heavy (non-hydrogen) atoms. The minimum atomic E-state index is -0.689. The standard InChI is InChI=1S/C17H30O3/c1-2-3-10-13-16(18)14-11-8-6-4-5-7-9-12-15-17(19)20/h16,18H,2-9,11-12,14-15H2,1H3,(H,19,20)/t16-/m0/s1. The molecule has 3 heteroatoms. The van der Waals surface area contributed by atoms with Crippen LogP contribution in [-0.2, 0) is 4.79 Å². The molecule has 0 aromatic heterocycles. The van der Waals surface area contributed by atoms with Crippen LogP contribution < -0.4 is 0 Å². The first-order valence-corrected chi connectivity index (χ1v) is 8.05. The van der Waals surface area contributed by atoms with Crippen LogP contribution in [-0.4, -0.2) is 22.3 Å². The van der Waals surface area contributed by atoms with E-state index in [1.807, 2.05) is 0 Å². The van der Waals surface area contributed by atoms with E-state index in [0.29, 0.717) is 6.42 Å². The largest absolute Gasteiger partial charge is 0.481 e. The SMILES string of the molecule is CCCC#C[C@H](O)CCCCCCCCCCC(=O)O. The van der Waals surface area contributed by atoms with E-state index in [9.17, 15) is 9.90 Å². The van der Waals surface area contributed by atoms with Gasteiger partial charge in [-0.15, -0.1) is 5.92 Å². The van der Waals surface area contributed by atoms with Crippen LogP contribution in [0.25, 0.3) is 0 Å². The van der Waals surface area contributed by atoms with Gasteiger partial charge in [0.05, 0.1) is 0 Å². The summed E-state index contributed by atoms with van der Waals surface area (Å²) in [4.78, 5) is 10.3. The molecule has 116 valence electrons. The Morgan fingerprint density at radius 1 is 1.00 bits per heavy atom. The second-order valence-electron chi connectivity index (χ2n) is 5.35. The van der Waals surface area contributed by atoms with E-state index in [4.69, 9.17) is 5.11 Å². The molecule has 0 saturated carbocycles. The maximum Gasteiger partial charge on any atom is 0.303 e. The van der Waals surface area contributed by atoms with Gasteiger partial charge in [0, 0.05) is 12.8 Å². The van der Waals surface area contributed by atoms with E-state index in [1.54, 1.807) is 0 Å². The molecule has 2 N–H and O–H groups in total. The Labute approximate surface area is 123 Å². The van der Waals surface area contributed by atoms with Crippen LogP contribution in [0.4, 0.5) is 0 Å². The number of carboxylic acids is 1. The molecule has 0 aromatic carbocycles. The molecule has 1 atom stereocenters. The highest BCUT2D eigenvalue weighted by Gasteiger charge is 1.99. The molecule has 0 aromatic rings. The zero-order valence-corrected chi connectivity index (χ0v) is 12.9. The monoisotopic (exact) mass is 282 g/mol. The van der Waals surface area contributed by atoms with Gasteiger partial charge in [-0.25, -0.2) is 0 Å². The van der Waals surface area contributed by atoms with E-state index in [-0.39, 0.29) is 0 Å². The molecular weight excluding hydrogens is 252 g/mol. The molecule has 0 aliphatic carbocycles. The first-order valence-electron chi connectivity index (χ1n) is 8.05. The van der Waals surface area contributed by atoms with Crippen molar-refractivity contribution in [3.8, 4) is 11.8 Å². The Hall–Kier alpha value is -1.01. The van der Waals surface area contributed by atoms with Gasteiger partial charge in [0.2, 0.25) is 0 Å². The van der Waals surface area contributed by atoms with Gasteiger partial charge in [-0.2, -0.15) is 0 Å². The van der Waals surface area contributed by atoms with Crippen LogP contribution >= 0.6 is 0 Å². The van der Waals surface area contributed by atoms with Gasteiger partial charge in [0.15, 0.2) is 0 Å². The first-order chi connectivity index (χ1) is 9.66. The summed E-state index contributed by atoms with van der Waals surface area (Å²) in [6.07, 6.45) is 11.3. The fraction of sp³-hybridized carbons (Fsp3) is 0.824. The number of unbranched alkanes of at least 4 members (excludes halogenated alkanes) is 8. The number of aliphatic hydroxyl groups is 1. The number of carboxylic acid groups (broad SMARTS) is 1. The average Bonchev–Trinajstić information content (AvgIpc) is 2.41. The zero-order chi connectivity index (χ0) is 15.1. The number of aliphatic carboxylic acids is 1. The van der Waals surface area contributed by atoms with Crippen molar-refractivity contribution in [2.45, 2.75) is 90.1 Å². The number of aliphatic hydroxyl groups excluding tert-OH is 1. The Bertz CT molecular complexity index is 288.